The lowest BCUT2D eigenvalue weighted by Crippen LogP contribution is -2.10. The third kappa shape index (κ3) is 1.16. The molecule has 3 heteroatoms. The maximum Gasteiger partial charge on any atom is 0.253 e. The zero-order valence-corrected chi connectivity index (χ0v) is 5.22. The summed E-state index contributed by atoms with van der Waals surface area (Å²) in [5, 5.41) is 0. The fourth-order valence-corrected chi connectivity index (χ4v) is 0.626. The number of H-pyrrole nitrogens is 1. The molecule has 1 N–H and O–H groups in total. The Morgan fingerprint density at radius 2 is 2.56 bits per heavy atom. The van der Waals surface area contributed by atoms with E-state index in [-0.39, 0.29) is 5.56 Å². The van der Waals surface area contributed by atoms with Gasteiger partial charge in [0.05, 0.1) is 6.33 Å². The van der Waals surface area contributed by atoms with E-state index in [1.54, 1.807) is 6.20 Å². The van der Waals surface area contributed by atoms with Crippen molar-refractivity contribution in [1.82, 2.24) is 9.97 Å². The first-order valence-electron chi connectivity index (χ1n) is 2.86. The molecular weight excluding hydrogens is 116 g/mol. The molecule has 0 unspecified atom stereocenters. The van der Waals surface area contributed by atoms with Gasteiger partial charge in [-0.1, -0.05) is 6.92 Å². The van der Waals surface area contributed by atoms with Crippen molar-refractivity contribution in [3.63, 3.8) is 0 Å². The van der Waals surface area contributed by atoms with Gasteiger partial charge in [0.15, 0.2) is 0 Å². The number of nitrogens with one attached hydrogen (secondary N) is 1. The number of nitrogens with zero attached hydrogens (tertiary/aromatic N) is 1. The molecule has 0 spiro atoms. The molecule has 48 valence electrons. The van der Waals surface area contributed by atoms with Crippen LogP contribution in [0, 0.1) is 0 Å². The summed E-state index contributed by atoms with van der Waals surface area (Å²) in [5.41, 5.74) is 0.699. The maximum absolute atomic E-state index is 10.8. The van der Waals surface area contributed by atoms with Crippen molar-refractivity contribution in [3.05, 3.63) is 28.4 Å². The van der Waals surface area contributed by atoms with Crippen molar-refractivity contribution in [2.45, 2.75) is 13.3 Å². The fraction of sp³-hybridized carbons (Fsp3) is 0.333. The number of rotatable bonds is 1. The van der Waals surface area contributed by atoms with Crippen LogP contribution in [-0.2, 0) is 6.42 Å². The van der Waals surface area contributed by atoms with Crippen LogP contribution in [0.4, 0.5) is 0 Å². The monoisotopic (exact) mass is 124 g/mol. The van der Waals surface area contributed by atoms with Crippen LogP contribution in [0.1, 0.15) is 12.5 Å². The van der Waals surface area contributed by atoms with E-state index in [1.807, 2.05) is 6.92 Å². The van der Waals surface area contributed by atoms with E-state index >= 15 is 0 Å². The number of hydrogen-bond donors (Lipinski definition) is 1. The van der Waals surface area contributed by atoms with Gasteiger partial charge in [-0.25, -0.2) is 4.98 Å². The summed E-state index contributed by atoms with van der Waals surface area (Å²) in [6.45, 7) is 1.92. The molecule has 0 amide bonds. The lowest BCUT2D eigenvalue weighted by atomic mass is 10.3. The van der Waals surface area contributed by atoms with Crippen molar-refractivity contribution in [1.29, 1.82) is 0 Å². The van der Waals surface area contributed by atoms with Crippen molar-refractivity contribution >= 4 is 0 Å². The molecule has 1 rings (SSSR count). The van der Waals surface area contributed by atoms with Gasteiger partial charge in [0, 0.05) is 11.8 Å². The summed E-state index contributed by atoms with van der Waals surface area (Å²) in [6.07, 6.45) is 3.71. The molecule has 1 heterocycles. The van der Waals surface area contributed by atoms with Crippen LogP contribution in [0.3, 0.4) is 0 Å². The van der Waals surface area contributed by atoms with Crippen LogP contribution >= 0.6 is 0 Å². The van der Waals surface area contributed by atoms with Crippen LogP contribution in [0.25, 0.3) is 0 Å². The van der Waals surface area contributed by atoms with Gasteiger partial charge in [-0.3, -0.25) is 4.79 Å². The lowest BCUT2D eigenvalue weighted by Gasteiger charge is -1.88. The first-order chi connectivity index (χ1) is 4.34. The highest BCUT2D eigenvalue weighted by atomic mass is 16.1. The topological polar surface area (TPSA) is 45.8 Å². The van der Waals surface area contributed by atoms with E-state index in [1.165, 1.54) is 6.33 Å². The van der Waals surface area contributed by atoms with E-state index in [0.717, 1.165) is 12.0 Å². The van der Waals surface area contributed by atoms with Crippen molar-refractivity contribution in [2.24, 2.45) is 0 Å². The minimum absolute atomic E-state index is 0.0347. The van der Waals surface area contributed by atoms with E-state index in [0.29, 0.717) is 0 Å². The van der Waals surface area contributed by atoms with Crippen LogP contribution in [-0.4, -0.2) is 9.97 Å². The second-order valence-electron chi connectivity index (χ2n) is 1.76. The predicted molar refractivity (Wildman–Crippen MR) is 34.2 cm³/mol. The first-order valence-corrected chi connectivity index (χ1v) is 2.86. The van der Waals surface area contributed by atoms with E-state index in [4.69, 9.17) is 0 Å². The first kappa shape index (κ1) is 6.01. The molecule has 0 fully saturated rings. The summed E-state index contributed by atoms with van der Waals surface area (Å²) in [6, 6.07) is 0. The number of aromatic amines is 1. The summed E-state index contributed by atoms with van der Waals surface area (Å²) in [7, 11) is 0. The van der Waals surface area contributed by atoms with Gasteiger partial charge in [0.1, 0.15) is 0 Å². The predicted octanol–water partition coefficient (Wildman–Crippen LogP) is 0.332. The Morgan fingerprint density at radius 3 is 3.00 bits per heavy atom. The molecule has 0 aliphatic carbocycles. The van der Waals surface area contributed by atoms with Gasteiger partial charge in [-0.15, -0.1) is 0 Å². The average Bonchev–Trinajstić information content (AvgIpc) is 1.89. The third-order valence-electron chi connectivity index (χ3n) is 1.17. The highest BCUT2D eigenvalue weighted by Crippen LogP contribution is 1.83. The van der Waals surface area contributed by atoms with E-state index in [2.05, 4.69) is 9.97 Å². The van der Waals surface area contributed by atoms with Crippen LogP contribution in [0.2, 0.25) is 0 Å². The Kier molecular flexibility index (Phi) is 1.63. The molecule has 1 aromatic rings. The third-order valence-corrected chi connectivity index (χ3v) is 1.17. The standard InChI is InChI=1S/C6H8N2O/c1-2-5-3-7-4-8-6(5)9/h3-4H,2H2,1H3,(H,7,8,9). The van der Waals surface area contributed by atoms with E-state index in [9.17, 15) is 4.79 Å². The second-order valence-corrected chi connectivity index (χ2v) is 1.76. The minimum atomic E-state index is -0.0347. The Labute approximate surface area is 52.8 Å². The van der Waals surface area contributed by atoms with Crippen LogP contribution in [0.5, 0.6) is 0 Å². The quantitative estimate of drug-likeness (QED) is 0.586. The molecular formula is C6H8N2O. The van der Waals surface area contributed by atoms with Gasteiger partial charge in [-0.2, -0.15) is 0 Å². The normalized spacial score (nSPS) is 9.44. The second kappa shape index (κ2) is 2.44. The Bertz CT molecular complexity index is 241. The van der Waals surface area contributed by atoms with Gasteiger partial charge >= 0.3 is 0 Å². The molecule has 1 aromatic heterocycles. The number of aromatic nitrogens is 2. The number of hydrogen-bond acceptors (Lipinski definition) is 2. The minimum Gasteiger partial charge on any atom is -0.313 e. The van der Waals surface area contributed by atoms with Gasteiger partial charge in [0.2, 0.25) is 0 Å². The van der Waals surface area contributed by atoms with Gasteiger partial charge in [-0.05, 0) is 6.42 Å². The smallest absolute Gasteiger partial charge is 0.253 e. The molecule has 0 atom stereocenters. The van der Waals surface area contributed by atoms with Crippen LogP contribution in [0.15, 0.2) is 17.3 Å². The summed E-state index contributed by atoms with van der Waals surface area (Å²) in [4.78, 5) is 17.0. The molecule has 0 saturated heterocycles. The molecule has 9 heavy (non-hydrogen) atoms. The van der Waals surface area contributed by atoms with Crippen molar-refractivity contribution < 1.29 is 0 Å². The number of aryl methyl sites for hydroxylation is 1. The Balaban J connectivity index is 3.16. The summed E-state index contributed by atoms with van der Waals surface area (Å²) >= 11 is 0. The zero-order valence-electron chi connectivity index (χ0n) is 5.22. The molecule has 0 radical (unpaired) electrons. The highest BCUT2D eigenvalue weighted by Gasteiger charge is 1.91. The van der Waals surface area contributed by atoms with Crippen molar-refractivity contribution in [3.8, 4) is 0 Å². The Morgan fingerprint density at radius 1 is 1.78 bits per heavy atom. The summed E-state index contributed by atoms with van der Waals surface area (Å²) in [5.74, 6) is 0. The van der Waals surface area contributed by atoms with Crippen LogP contribution < -0.4 is 5.56 Å². The molecule has 0 saturated carbocycles. The molecule has 0 aliphatic heterocycles. The molecule has 0 aromatic carbocycles. The van der Waals surface area contributed by atoms with E-state index < -0.39 is 0 Å². The SMILES string of the molecule is CCc1cnc[nH]c1=O. The maximum atomic E-state index is 10.8. The molecule has 0 bridgehead atoms. The summed E-state index contributed by atoms with van der Waals surface area (Å²) < 4.78 is 0. The zero-order chi connectivity index (χ0) is 6.69. The largest absolute Gasteiger partial charge is 0.313 e. The average molecular weight is 124 g/mol. The molecule has 3 nitrogen and oxygen atoms in total. The van der Waals surface area contributed by atoms with Crippen molar-refractivity contribution in [2.75, 3.05) is 0 Å². The van der Waals surface area contributed by atoms with Gasteiger partial charge < -0.3 is 4.98 Å². The molecule has 0 aliphatic rings. The highest BCUT2D eigenvalue weighted by molar-refractivity contribution is 5.01. The van der Waals surface area contributed by atoms with Gasteiger partial charge in [0.25, 0.3) is 5.56 Å². The Hall–Kier alpha value is -1.12. The lowest BCUT2D eigenvalue weighted by molar-refractivity contribution is 1.00. The fourth-order valence-electron chi connectivity index (χ4n) is 0.626.